The summed E-state index contributed by atoms with van der Waals surface area (Å²) in [6, 6.07) is 9.76. The molecule has 1 aliphatic rings. The van der Waals surface area contributed by atoms with Gasteiger partial charge in [-0.2, -0.15) is 0 Å². The molecule has 1 aromatic rings. The zero-order chi connectivity index (χ0) is 13.5. The maximum Gasteiger partial charge on any atom is 0.409 e. The number of benzene rings is 1. The van der Waals surface area contributed by atoms with Gasteiger partial charge in [0.15, 0.2) is 0 Å². The lowest BCUT2D eigenvalue weighted by Crippen LogP contribution is -2.39. The molecule has 19 heavy (non-hydrogen) atoms. The summed E-state index contributed by atoms with van der Waals surface area (Å²) in [5.74, 6) is 0.544. The van der Waals surface area contributed by atoms with Crippen LogP contribution in [-0.4, -0.2) is 37.7 Å². The highest BCUT2D eigenvalue weighted by atomic mass is 16.6. The van der Waals surface area contributed by atoms with E-state index >= 15 is 0 Å². The van der Waals surface area contributed by atoms with E-state index in [1.54, 1.807) is 4.90 Å². The van der Waals surface area contributed by atoms with Crippen LogP contribution in [0.4, 0.5) is 4.79 Å². The molecule has 0 radical (unpaired) electrons. The van der Waals surface area contributed by atoms with Crippen molar-refractivity contribution in [2.45, 2.75) is 19.4 Å². The fourth-order valence-corrected chi connectivity index (χ4v) is 2.37. The Morgan fingerprint density at radius 2 is 2.21 bits per heavy atom. The van der Waals surface area contributed by atoms with Crippen LogP contribution in [0.15, 0.2) is 30.3 Å². The van der Waals surface area contributed by atoms with Gasteiger partial charge in [0.05, 0.1) is 0 Å². The third-order valence-corrected chi connectivity index (χ3v) is 3.45. The van der Waals surface area contributed by atoms with Crippen LogP contribution in [0.25, 0.3) is 0 Å². The van der Waals surface area contributed by atoms with Crippen LogP contribution < -0.4 is 5.32 Å². The quantitative estimate of drug-likeness (QED) is 0.905. The van der Waals surface area contributed by atoms with Crippen LogP contribution in [-0.2, 0) is 11.3 Å². The summed E-state index contributed by atoms with van der Waals surface area (Å²) in [4.78, 5) is 13.6. The molecule has 0 spiro atoms. The number of rotatable bonds is 4. The van der Waals surface area contributed by atoms with E-state index in [1.165, 1.54) is 12.8 Å². The van der Waals surface area contributed by atoms with Crippen molar-refractivity contribution in [3.63, 3.8) is 0 Å². The van der Waals surface area contributed by atoms with Crippen LogP contribution >= 0.6 is 0 Å². The molecule has 104 valence electrons. The predicted molar refractivity (Wildman–Crippen MR) is 74.9 cm³/mol. The van der Waals surface area contributed by atoms with E-state index in [0.717, 1.165) is 25.2 Å². The van der Waals surface area contributed by atoms with Crippen molar-refractivity contribution < 1.29 is 9.53 Å². The van der Waals surface area contributed by atoms with Crippen LogP contribution in [0.5, 0.6) is 0 Å². The summed E-state index contributed by atoms with van der Waals surface area (Å²) in [5.41, 5.74) is 1.02. The van der Waals surface area contributed by atoms with Crippen LogP contribution in [0, 0.1) is 5.92 Å². The first-order valence-corrected chi connectivity index (χ1v) is 6.88. The number of carbonyl (C=O) groups excluding carboxylic acids is 1. The molecule has 0 aromatic heterocycles. The second-order valence-corrected chi connectivity index (χ2v) is 5.13. The fourth-order valence-electron chi connectivity index (χ4n) is 2.37. The van der Waals surface area contributed by atoms with E-state index < -0.39 is 0 Å². The SMILES string of the molecule is CN(CC1CCCNC1)C(=O)OCc1ccccc1. The predicted octanol–water partition coefficient (Wildman–Crippen LogP) is 2.25. The topological polar surface area (TPSA) is 41.6 Å². The van der Waals surface area contributed by atoms with Crippen molar-refractivity contribution in [1.29, 1.82) is 0 Å². The van der Waals surface area contributed by atoms with Gasteiger partial charge < -0.3 is 15.0 Å². The third-order valence-electron chi connectivity index (χ3n) is 3.45. The first-order chi connectivity index (χ1) is 9.25. The Morgan fingerprint density at radius 3 is 2.89 bits per heavy atom. The molecule has 1 aliphatic heterocycles. The molecule has 0 aliphatic carbocycles. The molecule has 1 fully saturated rings. The number of piperidine rings is 1. The normalized spacial score (nSPS) is 18.9. The molecule has 1 saturated heterocycles. The standard InChI is InChI=1S/C15H22N2O2/c1-17(11-14-8-5-9-16-10-14)15(18)19-12-13-6-3-2-4-7-13/h2-4,6-7,14,16H,5,8-12H2,1H3. The molecule has 1 unspecified atom stereocenters. The molecule has 4 nitrogen and oxygen atoms in total. The molecule has 4 heteroatoms. The summed E-state index contributed by atoms with van der Waals surface area (Å²) >= 11 is 0. The lowest BCUT2D eigenvalue weighted by molar-refractivity contribution is 0.0976. The first kappa shape index (κ1) is 13.9. The zero-order valence-corrected chi connectivity index (χ0v) is 11.5. The molecule has 1 heterocycles. The fraction of sp³-hybridized carbons (Fsp3) is 0.533. The van der Waals surface area contributed by atoms with E-state index in [4.69, 9.17) is 4.74 Å². The molecule has 1 N–H and O–H groups in total. The molecular formula is C15H22N2O2. The van der Waals surface area contributed by atoms with Gasteiger partial charge in [-0.1, -0.05) is 30.3 Å². The van der Waals surface area contributed by atoms with Crippen molar-refractivity contribution in [2.24, 2.45) is 5.92 Å². The smallest absolute Gasteiger partial charge is 0.409 e. The van der Waals surface area contributed by atoms with Crippen LogP contribution in [0.1, 0.15) is 18.4 Å². The number of nitrogens with zero attached hydrogens (tertiary/aromatic N) is 1. The number of hydrogen-bond donors (Lipinski definition) is 1. The Balaban J connectivity index is 1.72. The Morgan fingerprint density at radius 1 is 1.42 bits per heavy atom. The zero-order valence-electron chi connectivity index (χ0n) is 11.5. The van der Waals surface area contributed by atoms with Crippen LogP contribution in [0.3, 0.4) is 0 Å². The van der Waals surface area contributed by atoms with Gasteiger partial charge in [0, 0.05) is 13.6 Å². The average Bonchev–Trinajstić information content (AvgIpc) is 2.47. The summed E-state index contributed by atoms with van der Waals surface area (Å²) in [7, 11) is 1.81. The second-order valence-electron chi connectivity index (χ2n) is 5.13. The highest BCUT2D eigenvalue weighted by molar-refractivity contribution is 5.67. The Labute approximate surface area is 114 Å². The van der Waals surface area contributed by atoms with Gasteiger partial charge in [-0.3, -0.25) is 0 Å². The molecule has 1 aromatic carbocycles. The Hall–Kier alpha value is -1.55. The van der Waals surface area contributed by atoms with Gasteiger partial charge in [-0.05, 0) is 37.4 Å². The molecule has 0 saturated carbocycles. The number of amides is 1. The van der Waals surface area contributed by atoms with E-state index in [2.05, 4.69) is 5.32 Å². The maximum atomic E-state index is 11.9. The third kappa shape index (κ3) is 4.56. The molecule has 2 rings (SSSR count). The molecule has 0 bridgehead atoms. The summed E-state index contributed by atoms with van der Waals surface area (Å²) in [6.45, 7) is 3.20. The Bertz CT molecular complexity index is 388. The minimum atomic E-state index is -0.241. The second kappa shape index (κ2) is 7.14. The maximum absolute atomic E-state index is 11.9. The van der Waals surface area contributed by atoms with Gasteiger partial charge in [0.1, 0.15) is 6.61 Å². The van der Waals surface area contributed by atoms with Crippen molar-refractivity contribution in [2.75, 3.05) is 26.7 Å². The lowest BCUT2D eigenvalue weighted by Gasteiger charge is -2.27. The highest BCUT2D eigenvalue weighted by Gasteiger charge is 2.18. The lowest BCUT2D eigenvalue weighted by atomic mass is 9.99. The van der Waals surface area contributed by atoms with Gasteiger partial charge in [-0.15, -0.1) is 0 Å². The van der Waals surface area contributed by atoms with Crippen molar-refractivity contribution in [3.05, 3.63) is 35.9 Å². The van der Waals surface area contributed by atoms with E-state index in [1.807, 2.05) is 37.4 Å². The van der Waals surface area contributed by atoms with Crippen molar-refractivity contribution in [1.82, 2.24) is 10.2 Å². The van der Waals surface area contributed by atoms with Gasteiger partial charge in [-0.25, -0.2) is 4.79 Å². The monoisotopic (exact) mass is 262 g/mol. The largest absolute Gasteiger partial charge is 0.445 e. The molecule has 1 amide bonds. The summed E-state index contributed by atoms with van der Waals surface area (Å²) < 4.78 is 5.30. The number of ether oxygens (including phenoxy) is 1. The average molecular weight is 262 g/mol. The molecular weight excluding hydrogens is 240 g/mol. The minimum Gasteiger partial charge on any atom is -0.445 e. The van der Waals surface area contributed by atoms with E-state index in [0.29, 0.717) is 12.5 Å². The van der Waals surface area contributed by atoms with E-state index in [9.17, 15) is 4.79 Å². The Kier molecular flexibility index (Phi) is 5.21. The van der Waals surface area contributed by atoms with Crippen molar-refractivity contribution >= 4 is 6.09 Å². The van der Waals surface area contributed by atoms with Gasteiger partial charge >= 0.3 is 6.09 Å². The minimum absolute atomic E-state index is 0.241. The number of carbonyl (C=O) groups is 1. The highest BCUT2D eigenvalue weighted by Crippen LogP contribution is 2.12. The first-order valence-electron chi connectivity index (χ1n) is 6.88. The molecule has 1 atom stereocenters. The van der Waals surface area contributed by atoms with Gasteiger partial charge in [0.25, 0.3) is 0 Å². The number of nitrogens with one attached hydrogen (secondary N) is 1. The van der Waals surface area contributed by atoms with Crippen LogP contribution in [0.2, 0.25) is 0 Å². The van der Waals surface area contributed by atoms with E-state index in [-0.39, 0.29) is 6.09 Å². The van der Waals surface area contributed by atoms with Crippen molar-refractivity contribution in [3.8, 4) is 0 Å². The summed E-state index contributed by atoms with van der Waals surface area (Å²) in [6.07, 6.45) is 2.13. The summed E-state index contributed by atoms with van der Waals surface area (Å²) in [5, 5.41) is 3.36. The number of hydrogen-bond acceptors (Lipinski definition) is 3. The van der Waals surface area contributed by atoms with Gasteiger partial charge in [0.2, 0.25) is 0 Å².